The summed E-state index contributed by atoms with van der Waals surface area (Å²) in [5.41, 5.74) is 7.69. The van der Waals surface area contributed by atoms with Crippen LogP contribution in [0.15, 0.2) is 42.5 Å². The van der Waals surface area contributed by atoms with Crippen LogP contribution < -0.4 is 11.1 Å². The number of hydrogen-bond acceptors (Lipinski definition) is 3. The second-order valence-electron chi connectivity index (χ2n) is 4.59. The second-order valence-corrected chi connectivity index (χ2v) is 4.59. The van der Waals surface area contributed by atoms with Crippen molar-refractivity contribution in [1.82, 2.24) is 0 Å². The van der Waals surface area contributed by atoms with Crippen molar-refractivity contribution in [3.63, 3.8) is 0 Å². The molecular formula is C16H17FN2O2. The van der Waals surface area contributed by atoms with Crippen molar-refractivity contribution in [2.45, 2.75) is 6.42 Å². The number of nitrogens with two attached hydrogens (primary N) is 1. The topological polar surface area (TPSA) is 64.3 Å². The minimum Gasteiger partial charge on any atom is -0.398 e. The van der Waals surface area contributed by atoms with E-state index in [2.05, 4.69) is 5.32 Å². The Hall–Kier alpha value is -2.40. The Morgan fingerprint density at radius 1 is 1.29 bits per heavy atom. The number of benzene rings is 2. The molecule has 5 heteroatoms. The molecule has 0 unspecified atom stereocenters. The molecule has 0 aliphatic heterocycles. The van der Waals surface area contributed by atoms with E-state index in [1.165, 1.54) is 12.1 Å². The van der Waals surface area contributed by atoms with Crippen LogP contribution in [0.5, 0.6) is 0 Å². The average molecular weight is 288 g/mol. The predicted molar refractivity (Wildman–Crippen MR) is 80.8 cm³/mol. The number of nitrogens with one attached hydrogen (secondary N) is 1. The Morgan fingerprint density at radius 3 is 2.81 bits per heavy atom. The monoisotopic (exact) mass is 288 g/mol. The number of methoxy groups -OCH3 is 1. The summed E-state index contributed by atoms with van der Waals surface area (Å²) in [5.74, 6) is -0.932. The Balaban J connectivity index is 2.21. The number of rotatable bonds is 5. The molecule has 4 nitrogen and oxygen atoms in total. The molecule has 2 aromatic carbocycles. The molecule has 1 amide bonds. The van der Waals surface area contributed by atoms with E-state index in [-0.39, 0.29) is 11.3 Å². The Morgan fingerprint density at radius 2 is 2.05 bits per heavy atom. The third-order valence-corrected chi connectivity index (χ3v) is 3.10. The number of ether oxygens (including phenoxy) is 1. The smallest absolute Gasteiger partial charge is 0.257 e. The van der Waals surface area contributed by atoms with E-state index in [0.717, 1.165) is 11.6 Å². The summed E-state index contributed by atoms with van der Waals surface area (Å²) in [6, 6.07) is 11.1. The minimum atomic E-state index is -0.498. The van der Waals surface area contributed by atoms with Crippen LogP contribution in [0.1, 0.15) is 15.9 Å². The minimum absolute atomic E-state index is 0.122. The normalized spacial score (nSPS) is 10.4. The van der Waals surface area contributed by atoms with Gasteiger partial charge in [-0.2, -0.15) is 0 Å². The van der Waals surface area contributed by atoms with Crippen molar-refractivity contribution in [1.29, 1.82) is 0 Å². The zero-order chi connectivity index (χ0) is 15.2. The molecule has 0 atom stereocenters. The molecule has 0 fully saturated rings. The maximum atomic E-state index is 13.2. The SMILES string of the molecule is COCCc1ccccc1NC(=O)c1cc(F)ccc1N. The number of carbonyl (C=O) groups excluding carboxylic acids is 1. The maximum absolute atomic E-state index is 13.2. The van der Waals surface area contributed by atoms with Crippen molar-refractivity contribution in [3.05, 3.63) is 59.4 Å². The van der Waals surface area contributed by atoms with Crippen LogP contribution in [0, 0.1) is 5.82 Å². The van der Waals surface area contributed by atoms with E-state index in [1.54, 1.807) is 13.2 Å². The zero-order valence-corrected chi connectivity index (χ0v) is 11.7. The van der Waals surface area contributed by atoms with E-state index >= 15 is 0 Å². The van der Waals surface area contributed by atoms with Crippen LogP contribution in [0.25, 0.3) is 0 Å². The van der Waals surface area contributed by atoms with E-state index < -0.39 is 11.7 Å². The van der Waals surface area contributed by atoms with Crippen LogP contribution in [0.4, 0.5) is 15.8 Å². The fourth-order valence-corrected chi connectivity index (χ4v) is 1.99. The summed E-state index contributed by atoms with van der Waals surface area (Å²) >= 11 is 0. The summed E-state index contributed by atoms with van der Waals surface area (Å²) in [7, 11) is 1.62. The average Bonchev–Trinajstić information content (AvgIpc) is 2.48. The summed E-state index contributed by atoms with van der Waals surface area (Å²) in [6.45, 7) is 0.551. The first-order valence-electron chi connectivity index (χ1n) is 6.55. The summed E-state index contributed by atoms with van der Waals surface area (Å²) in [6.07, 6.45) is 0.672. The number of amides is 1. The molecule has 0 aliphatic carbocycles. The van der Waals surface area contributed by atoms with Gasteiger partial charge in [-0.05, 0) is 36.2 Å². The first-order chi connectivity index (χ1) is 10.1. The molecule has 0 saturated heterocycles. The highest BCUT2D eigenvalue weighted by Crippen LogP contribution is 2.19. The fraction of sp³-hybridized carbons (Fsp3) is 0.188. The second kappa shape index (κ2) is 6.85. The van der Waals surface area contributed by atoms with Crippen molar-refractivity contribution in [3.8, 4) is 0 Å². The quantitative estimate of drug-likeness (QED) is 0.831. The van der Waals surface area contributed by atoms with Gasteiger partial charge in [0.25, 0.3) is 5.91 Å². The van der Waals surface area contributed by atoms with Crippen molar-refractivity contribution in [2.75, 3.05) is 24.8 Å². The predicted octanol–water partition coefficient (Wildman–Crippen LogP) is 2.85. The third-order valence-electron chi connectivity index (χ3n) is 3.10. The lowest BCUT2D eigenvalue weighted by molar-refractivity contribution is 0.102. The molecule has 0 aliphatic rings. The van der Waals surface area contributed by atoms with Gasteiger partial charge in [0.05, 0.1) is 12.2 Å². The molecule has 2 rings (SSSR count). The molecule has 0 spiro atoms. The number of carbonyl (C=O) groups is 1. The lowest BCUT2D eigenvalue weighted by Crippen LogP contribution is -2.15. The standard InChI is InChI=1S/C16H17FN2O2/c1-21-9-8-11-4-2-3-5-15(11)19-16(20)13-10-12(17)6-7-14(13)18/h2-7,10H,8-9,18H2,1H3,(H,19,20). The van der Waals surface area contributed by atoms with Gasteiger partial charge in [-0.1, -0.05) is 18.2 Å². The molecule has 110 valence electrons. The number of halogens is 1. The van der Waals surface area contributed by atoms with Crippen LogP contribution in [0.3, 0.4) is 0 Å². The molecule has 21 heavy (non-hydrogen) atoms. The van der Waals surface area contributed by atoms with Gasteiger partial charge in [-0.25, -0.2) is 4.39 Å². The van der Waals surface area contributed by atoms with E-state index in [0.29, 0.717) is 18.7 Å². The Bertz CT molecular complexity index is 644. The highest BCUT2D eigenvalue weighted by Gasteiger charge is 2.12. The van der Waals surface area contributed by atoms with Gasteiger partial charge >= 0.3 is 0 Å². The number of nitrogen functional groups attached to an aromatic ring is 1. The molecule has 2 aromatic rings. The molecule has 0 heterocycles. The Labute approximate surface area is 122 Å². The van der Waals surface area contributed by atoms with Gasteiger partial charge < -0.3 is 15.8 Å². The molecule has 0 aromatic heterocycles. The zero-order valence-electron chi connectivity index (χ0n) is 11.7. The largest absolute Gasteiger partial charge is 0.398 e. The number of hydrogen-bond donors (Lipinski definition) is 2. The highest BCUT2D eigenvalue weighted by atomic mass is 19.1. The lowest BCUT2D eigenvalue weighted by Gasteiger charge is -2.12. The molecular weight excluding hydrogens is 271 g/mol. The van der Waals surface area contributed by atoms with Gasteiger partial charge in [0.1, 0.15) is 5.82 Å². The van der Waals surface area contributed by atoms with Crippen molar-refractivity contribution < 1.29 is 13.9 Å². The van der Waals surface area contributed by atoms with Crippen LogP contribution in [0.2, 0.25) is 0 Å². The summed E-state index contributed by atoms with van der Waals surface area (Å²) in [5, 5.41) is 2.76. The molecule has 0 bridgehead atoms. The summed E-state index contributed by atoms with van der Waals surface area (Å²) in [4.78, 5) is 12.2. The van der Waals surface area contributed by atoms with Crippen LogP contribution in [-0.4, -0.2) is 19.6 Å². The number of para-hydroxylation sites is 1. The van der Waals surface area contributed by atoms with Crippen LogP contribution in [-0.2, 0) is 11.2 Å². The van der Waals surface area contributed by atoms with Gasteiger partial charge in [0.2, 0.25) is 0 Å². The van der Waals surface area contributed by atoms with E-state index in [4.69, 9.17) is 10.5 Å². The van der Waals surface area contributed by atoms with Gasteiger partial charge in [0, 0.05) is 18.5 Å². The van der Waals surface area contributed by atoms with Crippen molar-refractivity contribution >= 4 is 17.3 Å². The van der Waals surface area contributed by atoms with E-state index in [9.17, 15) is 9.18 Å². The first kappa shape index (κ1) is 15.0. The van der Waals surface area contributed by atoms with Crippen LogP contribution >= 0.6 is 0 Å². The number of anilines is 2. The van der Waals surface area contributed by atoms with Gasteiger partial charge in [-0.15, -0.1) is 0 Å². The van der Waals surface area contributed by atoms with Gasteiger partial charge in [0.15, 0.2) is 0 Å². The first-order valence-corrected chi connectivity index (χ1v) is 6.55. The highest BCUT2D eigenvalue weighted by molar-refractivity contribution is 6.08. The molecule has 0 saturated carbocycles. The Kier molecular flexibility index (Phi) is 4.90. The van der Waals surface area contributed by atoms with E-state index in [1.807, 2.05) is 18.2 Å². The fourth-order valence-electron chi connectivity index (χ4n) is 1.99. The molecule has 3 N–H and O–H groups in total. The summed E-state index contributed by atoms with van der Waals surface area (Å²) < 4.78 is 18.3. The van der Waals surface area contributed by atoms with Gasteiger partial charge in [-0.3, -0.25) is 4.79 Å². The molecule has 0 radical (unpaired) electrons. The third kappa shape index (κ3) is 3.79. The lowest BCUT2D eigenvalue weighted by atomic mass is 10.1. The van der Waals surface area contributed by atoms with Crippen molar-refractivity contribution in [2.24, 2.45) is 0 Å². The maximum Gasteiger partial charge on any atom is 0.257 e.